The van der Waals surface area contributed by atoms with Crippen molar-refractivity contribution in [3.8, 4) is 0 Å². The number of hydrogen-bond acceptors (Lipinski definition) is 10. The summed E-state index contributed by atoms with van der Waals surface area (Å²) in [6.45, 7) is 1.48. The minimum Gasteiger partial charge on any atom is -0.318 e. The van der Waals surface area contributed by atoms with Crippen molar-refractivity contribution in [2.75, 3.05) is 10.1 Å². The van der Waals surface area contributed by atoms with E-state index in [9.17, 15) is 18.5 Å². The molecule has 2 rings (SSSR count). The summed E-state index contributed by atoms with van der Waals surface area (Å²) < 4.78 is 30.0. The molecule has 0 saturated carbocycles. The van der Waals surface area contributed by atoms with E-state index >= 15 is 0 Å². The van der Waals surface area contributed by atoms with Crippen LogP contribution in [0.1, 0.15) is 5.56 Å². The number of hydrazine groups is 1. The van der Waals surface area contributed by atoms with Crippen LogP contribution in [0.25, 0.3) is 0 Å². The van der Waals surface area contributed by atoms with Gasteiger partial charge in [0.15, 0.2) is 0 Å². The van der Waals surface area contributed by atoms with Crippen LogP contribution in [-0.4, -0.2) is 28.1 Å². The molecule has 1 heterocycles. The van der Waals surface area contributed by atoms with Gasteiger partial charge in [-0.1, -0.05) is 9.59 Å². The van der Waals surface area contributed by atoms with E-state index in [0.29, 0.717) is 0 Å². The van der Waals surface area contributed by atoms with E-state index in [1.807, 2.05) is 0 Å². The molecule has 1 aromatic heterocycles. The number of aromatic nitrogens is 3. The zero-order valence-corrected chi connectivity index (χ0v) is 12.1. The van der Waals surface area contributed by atoms with E-state index in [0.717, 1.165) is 17.6 Å². The smallest absolute Gasteiger partial charge is 0.295 e. The topological polar surface area (TPSA) is 166 Å². The van der Waals surface area contributed by atoms with Gasteiger partial charge in [0.05, 0.1) is 9.82 Å². The van der Waals surface area contributed by atoms with Crippen LogP contribution in [0.5, 0.6) is 0 Å². The highest BCUT2D eigenvalue weighted by Gasteiger charge is 2.24. The second kappa shape index (κ2) is 5.55. The standard InChI is InChI=1S/C8H9N7O4S2/c1-4-2-5(10-9)6(15(16)17)3-7(4)21(18,19)12-8-11-13-14-20-8/h2-3,10H,9H2,1H3,(H,11,12,14). The Labute approximate surface area is 122 Å². The molecule has 11 nitrogen and oxygen atoms in total. The number of benzene rings is 1. The summed E-state index contributed by atoms with van der Waals surface area (Å²) in [5, 5.41) is 17.6. The molecular formula is C8H9N7O4S2. The summed E-state index contributed by atoms with van der Waals surface area (Å²) in [6.07, 6.45) is 0. The van der Waals surface area contributed by atoms with Crippen LogP contribution >= 0.6 is 11.5 Å². The monoisotopic (exact) mass is 331 g/mol. The lowest BCUT2D eigenvalue weighted by molar-refractivity contribution is -0.384. The summed E-state index contributed by atoms with van der Waals surface area (Å²) in [6, 6.07) is 2.19. The Hall–Kier alpha value is -2.38. The van der Waals surface area contributed by atoms with E-state index < -0.39 is 20.6 Å². The van der Waals surface area contributed by atoms with Crippen molar-refractivity contribution in [2.45, 2.75) is 11.8 Å². The average molecular weight is 331 g/mol. The first kappa shape index (κ1) is 15.0. The lowest BCUT2D eigenvalue weighted by atomic mass is 10.2. The molecule has 0 saturated heterocycles. The minimum atomic E-state index is -4.05. The molecule has 0 aliphatic carbocycles. The second-order valence-corrected chi connectivity index (χ2v) is 6.19. The van der Waals surface area contributed by atoms with E-state index in [2.05, 4.69) is 24.9 Å². The van der Waals surface area contributed by atoms with E-state index in [4.69, 9.17) is 5.84 Å². The second-order valence-electron chi connectivity index (χ2n) is 3.81. The number of rotatable bonds is 5. The van der Waals surface area contributed by atoms with E-state index in [1.54, 1.807) is 0 Å². The van der Waals surface area contributed by atoms with Crippen molar-refractivity contribution in [3.63, 3.8) is 0 Å². The molecule has 0 unspecified atom stereocenters. The van der Waals surface area contributed by atoms with Gasteiger partial charge in [-0.15, -0.1) is 0 Å². The molecule has 1 aromatic carbocycles. The summed E-state index contributed by atoms with van der Waals surface area (Å²) >= 11 is 0.740. The number of nitro groups is 1. The molecule has 0 aliphatic rings. The van der Waals surface area contributed by atoms with Crippen molar-refractivity contribution in [3.05, 3.63) is 27.8 Å². The fourth-order valence-corrected chi connectivity index (χ4v) is 3.41. The third kappa shape index (κ3) is 3.04. The molecule has 0 amide bonds. The Bertz CT molecular complexity index is 774. The summed E-state index contributed by atoms with van der Waals surface area (Å²) in [4.78, 5) is 9.96. The number of sulfonamides is 1. The first-order valence-corrected chi connectivity index (χ1v) is 7.54. The Morgan fingerprint density at radius 3 is 2.67 bits per heavy atom. The van der Waals surface area contributed by atoms with Crippen molar-refractivity contribution < 1.29 is 13.3 Å². The molecule has 0 fully saturated rings. The number of hydrogen-bond donors (Lipinski definition) is 3. The first-order valence-electron chi connectivity index (χ1n) is 5.28. The molecule has 4 N–H and O–H groups in total. The van der Waals surface area contributed by atoms with Gasteiger partial charge in [0.25, 0.3) is 15.7 Å². The van der Waals surface area contributed by atoms with Crippen LogP contribution in [-0.2, 0) is 10.0 Å². The normalized spacial score (nSPS) is 11.1. The zero-order chi connectivity index (χ0) is 15.6. The molecule has 0 spiro atoms. The van der Waals surface area contributed by atoms with Crippen molar-refractivity contribution in [1.82, 2.24) is 14.8 Å². The molecule has 13 heteroatoms. The highest BCUT2D eigenvalue weighted by atomic mass is 32.2. The van der Waals surface area contributed by atoms with Crippen LogP contribution in [0.15, 0.2) is 17.0 Å². The minimum absolute atomic E-state index is 0.00836. The van der Waals surface area contributed by atoms with Gasteiger partial charge >= 0.3 is 0 Å². The SMILES string of the molecule is Cc1cc(NN)c([N+](=O)[O-])cc1S(=O)(=O)Nc1nnns1. The van der Waals surface area contributed by atoms with Gasteiger partial charge in [0.1, 0.15) is 5.69 Å². The van der Waals surface area contributed by atoms with Crippen molar-refractivity contribution in [1.29, 1.82) is 0 Å². The first-order chi connectivity index (χ1) is 9.85. The number of nitrogen functional groups attached to an aromatic ring is 1. The zero-order valence-electron chi connectivity index (χ0n) is 10.5. The Morgan fingerprint density at radius 1 is 1.43 bits per heavy atom. The third-order valence-electron chi connectivity index (χ3n) is 2.46. The number of anilines is 2. The number of nitrogens with one attached hydrogen (secondary N) is 2. The summed E-state index contributed by atoms with van der Waals surface area (Å²) in [7, 11) is -4.05. The molecule has 112 valence electrons. The molecule has 2 aromatic rings. The highest BCUT2D eigenvalue weighted by molar-refractivity contribution is 7.93. The molecule has 0 radical (unpaired) electrons. The third-order valence-corrected chi connectivity index (χ3v) is 4.58. The van der Waals surface area contributed by atoms with Gasteiger partial charge in [-0.25, -0.2) is 8.42 Å². The quantitative estimate of drug-likeness (QED) is 0.395. The number of aryl methyl sites for hydroxylation is 1. The maximum atomic E-state index is 12.2. The number of nitrogens with two attached hydrogens (primary N) is 1. The lowest BCUT2D eigenvalue weighted by Gasteiger charge is -2.10. The van der Waals surface area contributed by atoms with Gasteiger partial charge in [-0.3, -0.25) is 20.7 Å². The highest BCUT2D eigenvalue weighted by Crippen LogP contribution is 2.30. The van der Waals surface area contributed by atoms with Gasteiger partial charge < -0.3 is 5.43 Å². The molecule has 21 heavy (non-hydrogen) atoms. The van der Waals surface area contributed by atoms with E-state index in [-0.39, 0.29) is 21.3 Å². The number of nitro benzene ring substituents is 1. The van der Waals surface area contributed by atoms with Gasteiger partial charge in [0, 0.05) is 17.6 Å². The van der Waals surface area contributed by atoms with Crippen molar-refractivity contribution >= 4 is 38.1 Å². The molecular weight excluding hydrogens is 322 g/mol. The molecule has 0 bridgehead atoms. The fraction of sp³-hybridized carbons (Fsp3) is 0.125. The maximum absolute atomic E-state index is 12.2. The van der Waals surface area contributed by atoms with Gasteiger partial charge in [-0.2, -0.15) is 0 Å². The van der Waals surface area contributed by atoms with Crippen LogP contribution < -0.4 is 16.0 Å². The maximum Gasteiger partial charge on any atom is 0.295 e. The van der Waals surface area contributed by atoms with Crippen molar-refractivity contribution in [2.24, 2.45) is 5.84 Å². The summed E-state index contributed by atoms with van der Waals surface area (Å²) in [5.41, 5.74) is 1.98. The largest absolute Gasteiger partial charge is 0.318 e. The average Bonchev–Trinajstić information content (AvgIpc) is 2.89. The van der Waals surface area contributed by atoms with Gasteiger partial charge in [-0.05, 0) is 23.8 Å². The summed E-state index contributed by atoms with van der Waals surface area (Å²) in [5.74, 6) is 5.18. The van der Waals surface area contributed by atoms with Crippen LogP contribution in [0.2, 0.25) is 0 Å². The van der Waals surface area contributed by atoms with Crippen LogP contribution in [0.3, 0.4) is 0 Å². The van der Waals surface area contributed by atoms with Crippen LogP contribution in [0, 0.1) is 17.0 Å². The molecule has 0 atom stereocenters. The predicted molar refractivity (Wildman–Crippen MR) is 74.2 cm³/mol. The Morgan fingerprint density at radius 2 is 2.14 bits per heavy atom. The Kier molecular flexibility index (Phi) is 3.97. The number of nitrogens with zero attached hydrogens (tertiary/aromatic N) is 4. The Balaban J connectivity index is 2.52. The van der Waals surface area contributed by atoms with Gasteiger partial charge in [0.2, 0.25) is 5.13 Å². The molecule has 0 aliphatic heterocycles. The van der Waals surface area contributed by atoms with Crippen LogP contribution in [0.4, 0.5) is 16.5 Å². The van der Waals surface area contributed by atoms with E-state index in [1.165, 1.54) is 13.0 Å². The lowest BCUT2D eigenvalue weighted by Crippen LogP contribution is -2.16. The fourth-order valence-electron chi connectivity index (χ4n) is 1.58. The predicted octanol–water partition coefficient (Wildman–Crippen LogP) is 0.236.